The Balaban J connectivity index is 2.16. The maximum absolute atomic E-state index is 11.9. The summed E-state index contributed by atoms with van der Waals surface area (Å²) in [5, 5.41) is 3.97. The molecule has 0 unspecified atom stereocenters. The highest BCUT2D eigenvalue weighted by Gasteiger charge is 2.10. The summed E-state index contributed by atoms with van der Waals surface area (Å²) in [5.74, 6) is 0.687. The van der Waals surface area contributed by atoms with Gasteiger partial charge >= 0.3 is 0 Å². The van der Waals surface area contributed by atoms with E-state index in [1.54, 1.807) is 18.5 Å². The predicted octanol–water partition coefficient (Wildman–Crippen LogP) is 1.11. The van der Waals surface area contributed by atoms with Gasteiger partial charge in [-0.1, -0.05) is 13.8 Å². The zero-order valence-electron chi connectivity index (χ0n) is 11.0. The van der Waals surface area contributed by atoms with Crippen molar-refractivity contribution >= 4 is 5.78 Å². The lowest BCUT2D eigenvalue weighted by atomic mass is 10.0. The van der Waals surface area contributed by atoms with Crippen LogP contribution in [0.25, 0.3) is 5.95 Å². The second-order valence-corrected chi connectivity index (χ2v) is 4.83. The maximum atomic E-state index is 11.9. The molecule has 0 saturated carbocycles. The molecule has 0 bridgehead atoms. The van der Waals surface area contributed by atoms with Gasteiger partial charge in [-0.05, 0) is 12.0 Å². The normalized spacial score (nSPS) is 10.9. The number of hydrogen-bond acceptors (Lipinski definition) is 4. The van der Waals surface area contributed by atoms with Gasteiger partial charge in [0.25, 0.3) is 5.56 Å². The Hall–Kier alpha value is -2.24. The van der Waals surface area contributed by atoms with Gasteiger partial charge in [0.1, 0.15) is 5.78 Å². The van der Waals surface area contributed by atoms with E-state index >= 15 is 0 Å². The molecule has 0 aromatic carbocycles. The van der Waals surface area contributed by atoms with E-state index in [-0.39, 0.29) is 17.8 Å². The van der Waals surface area contributed by atoms with Gasteiger partial charge in [-0.25, -0.2) is 9.67 Å². The summed E-state index contributed by atoms with van der Waals surface area (Å²) >= 11 is 0. The number of rotatable bonds is 5. The average molecular weight is 260 g/mol. The predicted molar refractivity (Wildman–Crippen MR) is 70.1 cm³/mol. The van der Waals surface area contributed by atoms with Crippen LogP contribution >= 0.6 is 0 Å². The molecule has 19 heavy (non-hydrogen) atoms. The molecule has 0 radical (unpaired) electrons. The minimum absolute atomic E-state index is 0.0501. The average Bonchev–Trinajstić information content (AvgIpc) is 2.84. The van der Waals surface area contributed by atoms with Crippen molar-refractivity contribution in [3.8, 4) is 5.95 Å². The molecule has 0 saturated heterocycles. The van der Waals surface area contributed by atoms with E-state index in [1.807, 2.05) is 13.8 Å². The van der Waals surface area contributed by atoms with E-state index in [0.717, 1.165) is 0 Å². The number of aromatic nitrogens is 4. The van der Waals surface area contributed by atoms with Crippen LogP contribution in [0.15, 0.2) is 29.5 Å². The summed E-state index contributed by atoms with van der Waals surface area (Å²) in [6, 6.07) is 1.74. The van der Waals surface area contributed by atoms with E-state index in [9.17, 15) is 9.59 Å². The highest BCUT2D eigenvalue weighted by atomic mass is 16.1. The number of carbonyl (C=O) groups excluding carboxylic acids is 1. The lowest BCUT2D eigenvalue weighted by Gasteiger charge is -2.04. The molecule has 0 aliphatic rings. The van der Waals surface area contributed by atoms with Gasteiger partial charge in [-0.2, -0.15) is 5.10 Å². The van der Waals surface area contributed by atoms with Gasteiger partial charge in [-0.15, -0.1) is 0 Å². The molecule has 1 N–H and O–H groups in total. The zero-order valence-corrected chi connectivity index (χ0v) is 11.0. The van der Waals surface area contributed by atoms with E-state index in [4.69, 9.17) is 0 Å². The molecule has 0 fully saturated rings. The molecule has 0 amide bonds. The number of hydrogen-bond donors (Lipinski definition) is 1. The maximum Gasteiger partial charge on any atom is 0.255 e. The summed E-state index contributed by atoms with van der Waals surface area (Å²) in [7, 11) is 0. The second kappa shape index (κ2) is 5.60. The van der Waals surface area contributed by atoms with Crippen molar-refractivity contribution in [2.24, 2.45) is 5.92 Å². The lowest BCUT2D eigenvalue weighted by Crippen LogP contribution is -2.20. The molecule has 2 rings (SSSR count). The first kappa shape index (κ1) is 13.2. The second-order valence-electron chi connectivity index (χ2n) is 4.83. The first-order valence-corrected chi connectivity index (χ1v) is 6.16. The number of nitrogens with one attached hydrogen (secondary N) is 1. The van der Waals surface area contributed by atoms with Gasteiger partial charge in [0.15, 0.2) is 0 Å². The van der Waals surface area contributed by atoms with Crippen molar-refractivity contribution in [1.29, 1.82) is 0 Å². The number of Topliss-reactive ketones (excluding diaryl/α,β-unsaturated/α-hetero) is 1. The Labute approximate surface area is 110 Å². The van der Waals surface area contributed by atoms with Crippen LogP contribution in [-0.4, -0.2) is 25.5 Å². The van der Waals surface area contributed by atoms with E-state index in [0.29, 0.717) is 23.9 Å². The first-order valence-electron chi connectivity index (χ1n) is 6.16. The van der Waals surface area contributed by atoms with Crippen LogP contribution in [0.3, 0.4) is 0 Å². The summed E-state index contributed by atoms with van der Waals surface area (Å²) in [6.07, 6.45) is 5.32. The Morgan fingerprint density at radius 2 is 2.26 bits per heavy atom. The monoisotopic (exact) mass is 260 g/mol. The largest absolute Gasteiger partial charge is 0.299 e. The Bertz CT molecular complexity index is 614. The fourth-order valence-electron chi connectivity index (χ4n) is 1.79. The molecule has 0 aliphatic heterocycles. The number of aromatic amines is 1. The van der Waals surface area contributed by atoms with Crippen molar-refractivity contribution in [2.45, 2.75) is 26.7 Å². The summed E-state index contributed by atoms with van der Waals surface area (Å²) in [4.78, 5) is 30.3. The number of carbonyl (C=O) groups is 1. The molecule has 2 heterocycles. The van der Waals surface area contributed by atoms with Crippen molar-refractivity contribution < 1.29 is 4.79 Å². The van der Waals surface area contributed by atoms with Crippen LogP contribution in [0.1, 0.15) is 25.8 Å². The molecule has 6 nitrogen and oxygen atoms in total. The van der Waals surface area contributed by atoms with Crippen molar-refractivity contribution in [3.05, 3.63) is 40.6 Å². The molecule has 0 atom stereocenters. The van der Waals surface area contributed by atoms with E-state index < -0.39 is 0 Å². The van der Waals surface area contributed by atoms with Gasteiger partial charge in [0.2, 0.25) is 5.95 Å². The first-order chi connectivity index (χ1) is 9.06. The number of nitrogens with zero attached hydrogens (tertiary/aromatic N) is 3. The Morgan fingerprint density at radius 3 is 2.84 bits per heavy atom. The summed E-state index contributed by atoms with van der Waals surface area (Å²) in [5.41, 5.74) is 0.0964. The Kier molecular flexibility index (Phi) is 3.89. The van der Waals surface area contributed by atoms with Crippen LogP contribution in [0, 0.1) is 5.92 Å². The Morgan fingerprint density at radius 1 is 1.47 bits per heavy atom. The van der Waals surface area contributed by atoms with Gasteiger partial charge in [0, 0.05) is 37.0 Å². The van der Waals surface area contributed by atoms with Crippen LogP contribution < -0.4 is 5.56 Å². The van der Waals surface area contributed by atoms with Crippen LogP contribution in [0.5, 0.6) is 0 Å². The highest BCUT2D eigenvalue weighted by Crippen LogP contribution is 2.04. The minimum atomic E-state index is -0.294. The third kappa shape index (κ3) is 3.37. The third-order valence-electron chi connectivity index (χ3n) is 2.60. The third-order valence-corrected chi connectivity index (χ3v) is 2.60. The smallest absolute Gasteiger partial charge is 0.255 e. The fourth-order valence-corrected chi connectivity index (χ4v) is 1.79. The molecule has 6 heteroatoms. The fraction of sp³-hybridized carbons (Fsp3) is 0.385. The van der Waals surface area contributed by atoms with E-state index in [2.05, 4.69) is 15.1 Å². The van der Waals surface area contributed by atoms with Crippen LogP contribution in [0.4, 0.5) is 0 Å². The molecular formula is C13H16N4O2. The van der Waals surface area contributed by atoms with Crippen LogP contribution in [0.2, 0.25) is 0 Å². The van der Waals surface area contributed by atoms with Crippen molar-refractivity contribution in [3.63, 3.8) is 0 Å². The van der Waals surface area contributed by atoms with Crippen molar-refractivity contribution in [1.82, 2.24) is 19.7 Å². The van der Waals surface area contributed by atoms with Crippen molar-refractivity contribution in [2.75, 3.05) is 0 Å². The van der Waals surface area contributed by atoms with Gasteiger partial charge in [-0.3, -0.25) is 14.6 Å². The molecule has 2 aromatic heterocycles. The molecular weight excluding hydrogens is 244 g/mol. The summed E-state index contributed by atoms with van der Waals surface area (Å²) in [6.45, 7) is 3.95. The molecule has 100 valence electrons. The number of ketones is 1. The molecule has 0 aliphatic carbocycles. The van der Waals surface area contributed by atoms with Gasteiger partial charge in [0.05, 0.1) is 0 Å². The molecule has 0 spiro atoms. The topological polar surface area (TPSA) is 80.6 Å². The number of H-pyrrole nitrogens is 1. The zero-order chi connectivity index (χ0) is 13.8. The molecule has 2 aromatic rings. The standard InChI is InChI=1S/C13H16N4O2/c1-9(2)6-11(18)7-10-8-14-13(16-12(10)19)17-5-3-4-15-17/h3-5,8-9H,6-7H2,1-2H3,(H,14,16,19). The highest BCUT2D eigenvalue weighted by molar-refractivity contribution is 5.80. The SMILES string of the molecule is CC(C)CC(=O)Cc1cnc(-n2cccn2)[nH]c1=O. The minimum Gasteiger partial charge on any atom is -0.299 e. The van der Waals surface area contributed by atoms with Crippen LogP contribution in [-0.2, 0) is 11.2 Å². The lowest BCUT2D eigenvalue weighted by molar-refractivity contribution is -0.119. The van der Waals surface area contributed by atoms with E-state index in [1.165, 1.54) is 10.9 Å². The van der Waals surface area contributed by atoms with Gasteiger partial charge < -0.3 is 0 Å². The summed E-state index contributed by atoms with van der Waals surface area (Å²) < 4.78 is 1.46. The quantitative estimate of drug-likeness (QED) is 0.873.